The van der Waals surface area contributed by atoms with Crippen LogP contribution in [-0.2, 0) is 6.61 Å². The second-order valence-corrected chi connectivity index (χ2v) is 7.58. The monoisotopic (exact) mass is 500 g/mol. The Bertz CT molecular complexity index is 1410. The van der Waals surface area contributed by atoms with Gasteiger partial charge in [-0.25, -0.2) is 26.9 Å². The average molecular weight is 501 g/mol. The molecule has 4 rings (SSSR count). The van der Waals surface area contributed by atoms with Crippen molar-refractivity contribution in [2.45, 2.75) is 6.61 Å². The van der Waals surface area contributed by atoms with E-state index in [0.717, 1.165) is 0 Å². The third-order valence-electron chi connectivity index (χ3n) is 4.75. The third-order valence-corrected chi connectivity index (χ3v) is 5.38. The van der Waals surface area contributed by atoms with E-state index in [1.807, 2.05) is 0 Å². The number of ether oxygens (including phenoxy) is 1. The van der Waals surface area contributed by atoms with Gasteiger partial charge in [-0.3, -0.25) is 0 Å². The first-order valence-electron chi connectivity index (χ1n) is 9.04. The maximum Gasteiger partial charge on any atom is 0.222 e. The standard InChI is InChI=1S/C21H11Cl2F5N4O/c22-7-1-4-12(33-6-10-15(24)17(26)19(28)18(27)16(10)25)9(5-7)8-2-3-11-13(14(8)23)20(29)32-21(30)31-11/h1-5H,6H2,(H4,29,30,31,32). The topological polar surface area (TPSA) is 87.0 Å². The maximum absolute atomic E-state index is 14.0. The van der Waals surface area contributed by atoms with Gasteiger partial charge in [0.15, 0.2) is 23.3 Å². The van der Waals surface area contributed by atoms with Crippen LogP contribution in [0.25, 0.3) is 22.0 Å². The highest BCUT2D eigenvalue weighted by Crippen LogP contribution is 2.41. The number of aromatic nitrogens is 2. The van der Waals surface area contributed by atoms with Crippen LogP contribution in [0.2, 0.25) is 10.0 Å². The largest absolute Gasteiger partial charge is 0.488 e. The summed E-state index contributed by atoms with van der Waals surface area (Å²) < 4.78 is 73.8. The molecule has 33 heavy (non-hydrogen) atoms. The molecule has 0 unspecified atom stereocenters. The van der Waals surface area contributed by atoms with E-state index in [1.54, 1.807) is 12.1 Å². The van der Waals surface area contributed by atoms with Crippen LogP contribution in [0.1, 0.15) is 5.56 Å². The molecule has 12 heteroatoms. The summed E-state index contributed by atoms with van der Waals surface area (Å²) >= 11 is 12.6. The molecular formula is C21H11Cl2F5N4O. The van der Waals surface area contributed by atoms with Gasteiger partial charge in [-0.1, -0.05) is 29.3 Å². The molecule has 0 saturated carbocycles. The molecule has 0 atom stereocenters. The SMILES string of the molecule is Nc1nc(N)c2c(Cl)c(-c3cc(Cl)ccc3OCc3c(F)c(F)c(F)c(F)c3F)ccc2n1. The Labute approximate surface area is 192 Å². The van der Waals surface area contributed by atoms with E-state index in [-0.39, 0.29) is 38.5 Å². The molecule has 4 N–H and O–H groups in total. The Balaban J connectivity index is 1.80. The summed E-state index contributed by atoms with van der Waals surface area (Å²) in [6, 6.07) is 7.31. The fourth-order valence-corrected chi connectivity index (χ4v) is 3.73. The minimum absolute atomic E-state index is 0.000439. The molecule has 0 aliphatic rings. The van der Waals surface area contributed by atoms with Gasteiger partial charge in [-0.05, 0) is 24.3 Å². The number of anilines is 2. The molecule has 4 aromatic rings. The van der Waals surface area contributed by atoms with Crippen molar-refractivity contribution in [3.05, 3.63) is 75.0 Å². The number of nitrogens with zero attached hydrogens (tertiary/aromatic N) is 2. The maximum atomic E-state index is 14.0. The molecule has 0 aliphatic heterocycles. The molecule has 0 radical (unpaired) electrons. The molecule has 0 bridgehead atoms. The number of fused-ring (bicyclic) bond motifs is 1. The third kappa shape index (κ3) is 3.96. The van der Waals surface area contributed by atoms with E-state index >= 15 is 0 Å². The first kappa shape index (κ1) is 22.8. The lowest BCUT2D eigenvalue weighted by Crippen LogP contribution is -2.10. The van der Waals surface area contributed by atoms with Crippen molar-refractivity contribution in [3.63, 3.8) is 0 Å². The van der Waals surface area contributed by atoms with Crippen molar-refractivity contribution in [1.82, 2.24) is 9.97 Å². The summed E-state index contributed by atoms with van der Waals surface area (Å²) in [6.07, 6.45) is 0. The van der Waals surface area contributed by atoms with E-state index in [2.05, 4.69) is 9.97 Å². The van der Waals surface area contributed by atoms with Crippen LogP contribution in [0.15, 0.2) is 30.3 Å². The molecule has 5 nitrogen and oxygen atoms in total. The lowest BCUT2D eigenvalue weighted by molar-refractivity contribution is 0.280. The second kappa shape index (κ2) is 8.53. The van der Waals surface area contributed by atoms with Gasteiger partial charge in [0.25, 0.3) is 0 Å². The first-order valence-corrected chi connectivity index (χ1v) is 9.80. The van der Waals surface area contributed by atoms with Crippen LogP contribution in [0.5, 0.6) is 5.75 Å². The number of hydrogen-bond acceptors (Lipinski definition) is 5. The zero-order valence-corrected chi connectivity index (χ0v) is 17.7. The molecule has 0 fully saturated rings. The molecule has 0 spiro atoms. The molecule has 3 aromatic carbocycles. The van der Waals surface area contributed by atoms with E-state index in [1.165, 1.54) is 18.2 Å². The van der Waals surface area contributed by atoms with Crippen molar-refractivity contribution >= 4 is 45.9 Å². The Kier molecular flexibility index (Phi) is 5.89. The predicted octanol–water partition coefficient (Wildman–Crippen LogP) is 6.04. The summed E-state index contributed by atoms with van der Waals surface area (Å²) in [5.74, 6) is -10.4. The van der Waals surface area contributed by atoms with Gasteiger partial charge in [-0.15, -0.1) is 0 Å². The smallest absolute Gasteiger partial charge is 0.222 e. The Morgan fingerprint density at radius 2 is 1.42 bits per heavy atom. The molecule has 0 amide bonds. The first-order chi connectivity index (χ1) is 15.6. The van der Waals surface area contributed by atoms with Gasteiger partial charge in [0.2, 0.25) is 11.8 Å². The Morgan fingerprint density at radius 1 is 0.788 bits per heavy atom. The van der Waals surface area contributed by atoms with Crippen molar-refractivity contribution in [2.75, 3.05) is 11.5 Å². The lowest BCUT2D eigenvalue weighted by Gasteiger charge is -2.16. The molecule has 1 aromatic heterocycles. The van der Waals surface area contributed by atoms with Crippen LogP contribution in [0.4, 0.5) is 33.7 Å². The zero-order chi connectivity index (χ0) is 24.0. The van der Waals surface area contributed by atoms with Crippen LogP contribution in [0, 0.1) is 29.1 Å². The zero-order valence-electron chi connectivity index (χ0n) is 16.2. The summed E-state index contributed by atoms with van der Waals surface area (Å²) in [5.41, 5.74) is 11.3. The van der Waals surface area contributed by atoms with Crippen LogP contribution in [-0.4, -0.2) is 9.97 Å². The number of nitrogens with two attached hydrogens (primary N) is 2. The predicted molar refractivity (Wildman–Crippen MR) is 114 cm³/mol. The van der Waals surface area contributed by atoms with Crippen molar-refractivity contribution < 1.29 is 26.7 Å². The van der Waals surface area contributed by atoms with Crippen LogP contribution < -0.4 is 16.2 Å². The highest BCUT2D eigenvalue weighted by atomic mass is 35.5. The van der Waals surface area contributed by atoms with Gasteiger partial charge in [0.05, 0.1) is 21.5 Å². The van der Waals surface area contributed by atoms with Gasteiger partial charge in [0, 0.05) is 16.1 Å². The molecule has 0 aliphatic carbocycles. The number of rotatable bonds is 4. The minimum Gasteiger partial charge on any atom is -0.488 e. The lowest BCUT2D eigenvalue weighted by atomic mass is 10.0. The second-order valence-electron chi connectivity index (χ2n) is 6.77. The van der Waals surface area contributed by atoms with E-state index < -0.39 is 41.3 Å². The van der Waals surface area contributed by atoms with Crippen molar-refractivity contribution in [3.8, 4) is 16.9 Å². The fourth-order valence-electron chi connectivity index (χ4n) is 3.20. The molecule has 1 heterocycles. The number of hydrogen-bond donors (Lipinski definition) is 2. The van der Waals surface area contributed by atoms with E-state index in [4.69, 9.17) is 39.4 Å². The van der Waals surface area contributed by atoms with Crippen LogP contribution >= 0.6 is 23.2 Å². The molecule has 0 saturated heterocycles. The van der Waals surface area contributed by atoms with Gasteiger partial charge < -0.3 is 16.2 Å². The summed E-state index contributed by atoms with van der Waals surface area (Å²) in [6.45, 7) is -0.965. The number of halogens is 7. The Hall–Kier alpha value is -3.37. The van der Waals surface area contributed by atoms with Gasteiger partial charge in [-0.2, -0.15) is 4.98 Å². The molecular weight excluding hydrogens is 490 g/mol. The fraction of sp³-hybridized carbons (Fsp3) is 0.0476. The van der Waals surface area contributed by atoms with Gasteiger partial charge >= 0.3 is 0 Å². The van der Waals surface area contributed by atoms with Crippen molar-refractivity contribution in [1.29, 1.82) is 0 Å². The van der Waals surface area contributed by atoms with E-state index in [0.29, 0.717) is 11.1 Å². The average Bonchev–Trinajstić information content (AvgIpc) is 2.77. The minimum atomic E-state index is -2.26. The normalized spacial score (nSPS) is 11.2. The van der Waals surface area contributed by atoms with Gasteiger partial charge in [0.1, 0.15) is 18.2 Å². The molecule has 170 valence electrons. The number of benzene rings is 3. The summed E-state index contributed by atoms with van der Waals surface area (Å²) in [5, 5.41) is 0.647. The quantitative estimate of drug-likeness (QED) is 0.202. The van der Waals surface area contributed by atoms with Crippen LogP contribution in [0.3, 0.4) is 0 Å². The van der Waals surface area contributed by atoms with Crippen molar-refractivity contribution in [2.24, 2.45) is 0 Å². The summed E-state index contributed by atoms with van der Waals surface area (Å²) in [7, 11) is 0. The highest BCUT2D eigenvalue weighted by Gasteiger charge is 2.26. The van der Waals surface area contributed by atoms with E-state index in [9.17, 15) is 22.0 Å². The summed E-state index contributed by atoms with van der Waals surface area (Å²) in [4.78, 5) is 7.93. The Morgan fingerprint density at radius 3 is 2.09 bits per heavy atom. The number of nitrogen functional groups attached to an aromatic ring is 2. The highest BCUT2D eigenvalue weighted by molar-refractivity contribution is 6.39.